The summed E-state index contributed by atoms with van der Waals surface area (Å²) in [4.78, 5) is 26.2. The van der Waals surface area contributed by atoms with Crippen molar-refractivity contribution in [2.75, 3.05) is 7.11 Å². The Morgan fingerprint density at radius 2 is 2.05 bits per heavy atom. The zero-order chi connectivity index (χ0) is 15.9. The molecule has 7 heteroatoms. The highest BCUT2D eigenvalue weighted by Gasteiger charge is 2.54. The average molecular weight is 384 g/mol. The lowest BCUT2D eigenvalue weighted by Crippen LogP contribution is -2.58. The first-order chi connectivity index (χ1) is 10.5. The largest absolute Gasteiger partial charge is 0.497 e. The van der Waals surface area contributed by atoms with Crippen LogP contribution < -0.4 is 4.74 Å². The van der Waals surface area contributed by atoms with Crippen LogP contribution in [-0.2, 0) is 20.9 Å². The van der Waals surface area contributed by atoms with Crippen molar-refractivity contribution in [3.63, 3.8) is 0 Å². The van der Waals surface area contributed by atoms with Gasteiger partial charge >= 0.3 is 5.97 Å². The molecule has 0 saturated carbocycles. The number of alkyl halides is 1. The first kappa shape index (κ1) is 15.4. The van der Waals surface area contributed by atoms with E-state index in [1.807, 2.05) is 31.2 Å². The van der Waals surface area contributed by atoms with Crippen molar-refractivity contribution in [1.29, 1.82) is 0 Å². The first-order valence-corrected chi connectivity index (χ1v) is 8.47. The second-order valence-electron chi connectivity index (χ2n) is 4.95. The molecule has 1 amide bonds. The molecule has 0 spiro atoms. The number of amides is 1. The van der Waals surface area contributed by atoms with Gasteiger partial charge in [0.05, 0.1) is 7.11 Å². The SMILES string of the molecule is COc1ccc(COC(=O)C2=C(C)S[C@@H]3[C@@H](Br)C(=O)N23)cc1. The minimum Gasteiger partial charge on any atom is -0.497 e. The molecule has 0 radical (unpaired) electrons. The predicted molar refractivity (Wildman–Crippen MR) is 86.4 cm³/mol. The summed E-state index contributed by atoms with van der Waals surface area (Å²) in [6.07, 6.45) is 0. The fourth-order valence-corrected chi connectivity index (χ4v) is 4.35. The molecular formula is C15H14BrNO4S. The molecule has 0 unspecified atom stereocenters. The smallest absolute Gasteiger partial charge is 0.356 e. The van der Waals surface area contributed by atoms with E-state index in [2.05, 4.69) is 15.9 Å². The molecule has 0 aliphatic carbocycles. The number of β-lactam (4-membered cyclic amide) rings is 1. The van der Waals surface area contributed by atoms with Gasteiger partial charge in [-0.25, -0.2) is 4.79 Å². The third-order valence-electron chi connectivity index (χ3n) is 3.57. The van der Waals surface area contributed by atoms with Gasteiger partial charge in [0, 0.05) is 4.91 Å². The van der Waals surface area contributed by atoms with E-state index in [-0.39, 0.29) is 22.7 Å². The molecule has 22 heavy (non-hydrogen) atoms. The molecule has 1 saturated heterocycles. The number of benzene rings is 1. The fourth-order valence-electron chi connectivity index (χ4n) is 2.37. The molecule has 2 aliphatic heterocycles. The second kappa shape index (κ2) is 5.96. The highest BCUT2D eigenvalue weighted by Crippen LogP contribution is 2.48. The third kappa shape index (κ3) is 2.52. The van der Waals surface area contributed by atoms with Gasteiger partial charge in [-0.2, -0.15) is 0 Å². The van der Waals surface area contributed by atoms with Gasteiger partial charge in [0.25, 0.3) is 0 Å². The number of fused-ring (bicyclic) bond motifs is 1. The number of hydrogen-bond acceptors (Lipinski definition) is 5. The van der Waals surface area contributed by atoms with Crippen molar-refractivity contribution in [2.24, 2.45) is 0 Å². The molecule has 116 valence electrons. The Balaban J connectivity index is 1.64. The number of esters is 1. The Kier molecular flexibility index (Phi) is 4.18. The molecule has 2 heterocycles. The molecule has 1 fully saturated rings. The molecule has 1 aromatic carbocycles. The predicted octanol–water partition coefficient (Wildman–Crippen LogP) is 2.65. The summed E-state index contributed by atoms with van der Waals surface area (Å²) >= 11 is 4.83. The van der Waals surface area contributed by atoms with Crippen LogP contribution in [0.5, 0.6) is 5.75 Å². The summed E-state index contributed by atoms with van der Waals surface area (Å²) in [6, 6.07) is 7.29. The topological polar surface area (TPSA) is 55.8 Å². The van der Waals surface area contributed by atoms with Gasteiger partial charge in [0.15, 0.2) is 0 Å². The van der Waals surface area contributed by atoms with Gasteiger partial charge in [0.2, 0.25) is 5.91 Å². The van der Waals surface area contributed by atoms with Crippen molar-refractivity contribution < 1.29 is 19.1 Å². The number of carbonyl (C=O) groups excluding carboxylic acids is 2. The number of allylic oxidation sites excluding steroid dienone is 1. The first-order valence-electron chi connectivity index (χ1n) is 6.67. The van der Waals surface area contributed by atoms with Crippen LogP contribution in [0.1, 0.15) is 12.5 Å². The van der Waals surface area contributed by atoms with Gasteiger partial charge in [0.1, 0.15) is 28.3 Å². The monoisotopic (exact) mass is 383 g/mol. The number of ether oxygens (including phenoxy) is 2. The van der Waals surface area contributed by atoms with Crippen molar-refractivity contribution in [3.8, 4) is 5.75 Å². The fraction of sp³-hybridized carbons (Fsp3) is 0.333. The van der Waals surface area contributed by atoms with Gasteiger partial charge < -0.3 is 9.47 Å². The van der Waals surface area contributed by atoms with Crippen LogP contribution in [-0.4, -0.2) is 34.1 Å². The minimum atomic E-state index is -0.462. The van der Waals surface area contributed by atoms with Gasteiger partial charge in [-0.3, -0.25) is 9.69 Å². The van der Waals surface area contributed by atoms with Gasteiger partial charge in [-0.1, -0.05) is 28.1 Å². The Morgan fingerprint density at radius 1 is 1.36 bits per heavy atom. The quantitative estimate of drug-likeness (QED) is 0.454. The number of thioether (sulfide) groups is 1. The highest BCUT2D eigenvalue weighted by atomic mass is 79.9. The summed E-state index contributed by atoms with van der Waals surface area (Å²) in [5.41, 5.74) is 1.23. The van der Waals surface area contributed by atoms with E-state index in [4.69, 9.17) is 9.47 Å². The van der Waals surface area contributed by atoms with E-state index in [0.29, 0.717) is 5.70 Å². The van der Waals surface area contributed by atoms with E-state index in [1.165, 1.54) is 16.7 Å². The van der Waals surface area contributed by atoms with Gasteiger partial charge in [-0.05, 0) is 24.6 Å². The van der Waals surface area contributed by atoms with Crippen molar-refractivity contribution >= 4 is 39.6 Å². The summed E-state index contributed by atoms with van der Waals surface area (Å²) in [6.45, 7) is 1.99. The van der Waals surface area contributed by atoms with E-state index in [9.17, 15) is 9.59 Å². The summed E-state index contributed by atoms with van der Waals surface area (Å²) < 4.78 is 10.4. The zero-order valence-electron chi connectivity index (χ0n) is 12.0. The Hall–Kier alpha value is -1.47. The molecular weight excluding hydrogens is 370 g/mol. The lowest BCUT2D eigenvalue weighted by Gasteiger charge is -2.39. The maximum Gasteiger partial charge on any atom is 0.356 e. The number of rotatable bonds is 4. The molecule has 2 atom stereocenters. The molecule has 2 aliphatic rings. The number of nitrogens with zero attached hydrogens (tertiary/aromatic N) is 1. The second-order valence-corrected chi connectivity index (χ2v) is 7.26. The van der Waals surface area contributed by atoms with Crippen LogP contribution in [0.25, 0.3) is 0 Å². The lowest BCUT2D eigenvalue weighted by molar-refractivity contribution is -0.148. The van der Waals surface area contributed by atoms with Gasteiger partial charge in [-0.15, -0.1) is 11.8 Å². The molecule has 0 N–H and O–H groups in total. The van der Waals surface area contributed by atoms with E-state index in [1.54, 1.807) is 7.11 Å². The van der Waals surface area contributed by atoms with Crippen LogP contribution in [0.2, 0.25) is 0 Å². The third-order valence-corrected chi connectivity index (χ3v) is 6.09. The molecule has 5 nitrogen and oxygen atoms in total. The van der Waals surface area contributed by atoms with Crippen molar-refractivity contribution in [3.05, 3.63) is 40.4 Å². The summed E-state index contributed by atoms with van der Waals surface area (Å²) in [5.74, 6) is 0.194. The molecule has 3 rings (SSSR count). The molecule has 0 aromatic heterocycles. The minimum absolute atomic E-state index is 0.0314. The highest BCUT2D eigenvalue weighted by molar-refractivity contribution is 9.10. The van der Waals surface area contributed by atoms with Crippen molar-refractivity contribution in [2.45, 2.75) is 23.7 Å². The number of methoxy groups -OCH3 is 1. The van der Waals surface area contributed by atoms with E-state index >= 15 is 0 Å². The Bertz CT molecular complexity index is 658. The number of hydrogen-bond donors (Lipinski definition) is 0. The molecule has 1 aromatic rings. The normalized spacial score (nSPS) is 23.2. The van der Waals surface area contributed by atoms with Crippen LogP contribution in [0.4, 0.5) is 0 Å². The number of carbonyl (C=O) groups is 2. The Morgan fingerprint density at radius 3 is 2.68 bits per heavy atom. The van der Waals surface area contributed by atoms with Crippen LogP contribution in [0.3, 0.4) is 0 Å². The maximum atomic E-state index is 12.3. The van der Waals surface area contributed by atoms with Crippen LogP contribution in [0, 0.1) is 0 Å². The standard InChI is InChI=1S/C15H14BrNO4S/c1-8-12(17-13(18)11(16)14(17)22-8)15(19)21-7-9-3-5-10(20-2)6-4-9/h3-6,11,14H,7H2,1-2H3/t11-,14+/m0/s1. The zero-order valence-corrected chi connectivity index (χ0v) is 14.4. The van der Waals surface area contributed by atoms with E-state index in [0.717, 1.165) is 16.2 Å². The molecule has 0 bridgehead atoms. The summed E-state index contributed by atoms with van der Waals surface area (Å²) in [5, 5.41) is -0.0314. The maximum absolute atomic E-state index is 12.3. The average Bonchev–Trinajstić information content (AvgIpc) is 2.86. The van der Waals surface area contributed by atoms with Crippen molar-refractivity contribution in [1.82, 2.24) is 4.90 Å². The van der Waals surface area contributed by atoms with Crippen LogP contribution in [0.15, 0.2) is 34.9 Å². The summed E-state index contributed by atoms with van der Waals surface area (Å²) in [7, 11) is 1.60. The lowest BCUT2D eigenvalue weighted by atomic mass is 10.1. The van der Waals surface area contributed by atoms with E-state index < -0.39 is 5.97 Å². The Labute approximate surface area is 140 Å². The number of halogens is 1. The van der Waals surface area contributed by atoms with Crippen LogP contribution >= 0.6 is 27.7 Å².